The first-order valence-corrected chi connectivity index (χ1v) is 10.1. The molecule has 1 aliphatic rings. The fraction of sp³-hybridized carbons (Fsp3) is 0.350. The Morgan fingerprint density at radius 3 is 2.78 bits per heavy atom. The molecule has 0 aromatic heterocycles. The minimum absolute atomic E-state index is 0.00735. The standard InChI is InChI=1S/C20H26N2O3S2/c1-14(12-27-13-23)17(9-15-5-3-2-4-6-15)21-11-20(25)16-7-8-19(24)18(10-16)22-26/h2-8,10,12-13,17-22,24-26H,9,11H2,1H3/b14-12+/t17?,18?,19-,20-/m0/s1. The average molecular weight is 407 g/mol. The zero-order valence-electron chi connectivity index (χ0n) is 15.2. The van der Waals surface area contributed by atoms with Gasteiger partial charge in [0.05, 0.1) is 18.2 Å². The number of carbonyl (C=O) groups is 1. The summed E-state index contributed by atoms with van der Waals surface area (Å²) in [6.45, 7) is 2.32. The van der Waals surface area contributed by atoms with Crippen molar-refractivity contribution in [3.05, 3.63) is 70.7 Å². The van der Waals surface area contributed by atoms with Crippen molar-refractivity contribution < 1.29 is 15.0 Å². The number of thioether (sulfide) groups is 1. The van der Waals surface area contributed by atoms with Crippen molar-refractivity contribution in [2.75, 3.05) is 6.54 Å². The second-order valence-electron chi connectivity index (χ2n) is 6.43. The Morgan fingerprint density at radius 2 is 2.11 bits per heavy atom. The van der Waals surface area contributed by atoms with Crippen molar-refractivity contribution in [1.82, 2.24) is 10.0 Å². The highest BCUT2D eigenvalue weighted by atomic mass is 32.2. The van der Waals surface area contributed by atoms with Crippen LogP contribution in [0.25, 0.3) is 0 Å². The van der Waals surface area contributed by atoms with E-state index in [0.29, 0.717) is 6.54 Å². The number of benzene rings is 1. The van der Waals surface area contributed by atoms with Gasteiger partial charge in [-0.3, -0.25) is 9.52 Å². The van der Waals surface area contributed by atoms with Crippen LogP contribution in [0.5, 0.6) is 0 Å². The summed E-state index contributed by atoms with van der Waals surface area (Å²) in [5.74, 6) is 0. The average Bonchev–Trinajstić information content (AvgIpc) is 2.70. The molecule has 1 aromatic carbocycles. The third-order valence-electron chi connectivity index (χ3n) is 4.46. The highest BCUT2D eigenvalue weighted by Gasteiger charge is 2.21. The van der Waals surface area contributed by atoms with Gasteiger partial charge in [0.25, 0.3) is 0 Å². The maximum atomic E-state index is 10.7. The van der Waals surface area contributed by atoms with Crippen LogP contribution in [0.4, 0.5) is 0 Å². The van der Waals surface area contributed by atoms with E-state index in [0.717, 1.165) is 34.9 Å². The lowest BCUT2D eigenvalue weighted by Gasteiger charge is -2.25. The number of aliphatic hydroxyl groups excluding tert-OH is 2. The van der Waals surface area contributed by atoms with Crippen LogP contribution in [0.1, 0.15) is 12.5 Å². The Balaban J connectivity index is 2.04. The van der Waals surface area contributed by atoms with Crippen LogP contribution in [0.3, 0.4) is 0 Å². The van der Waals surface area contributed by atoms with E-state index in [9.17, 15) is 15.0 Å². The zero-order valence-corrected chi connectivity index (χ0v) is 16.9. The lowest BCUT2D eigenvalue weighted by Crippen LogP contribution is -2.40. The molecule has 0 bridgehead atoms. The van der Waals surface area contributed by atoms with Gasteiger partial charge in [-0.25, -0.2) is 0 Å². The smallest absolute Gasteiger partial charge is 0.180 e. The van der Waals surface area contributed by atoms with Gasteiger partial charge >= 0.3 is 0 Å². The maximum Gasteiger partial charge on any atom is 0.180 e. The topological polar surface area (TPSA) is 81.6 Å². The van der Waals surface area contributed by atoms with Crippen molar-refractivity contribution in [2.45, 2.75) is 37.6 Å². The summed E-state index contributed by atoms with van der Waals surface area (Å²) >= 11 is 5.12. The maximum absolute atomic E-state index is 10.7. The van der Waals surface area contributed by atoms with Gasteiger partial charge in [-0.2, -0.15) is 0 Å². The normalized spacial score (nSPS) is 22.2. The Morgan fingerprint density at radius 1 is 1.37 bits per heavy atom. The molecule has 0 saturated carbocycles. The molecule has 0 amide bonds. The molecule has 0 spiro atoms. The lowest BCUT2D eigenvalue weighted by molar-refractivity contribution is 0.188. The van der Waals surface area contributed by atoms with Crippen LogP contribution >= 0.6 is 24.6 Å². The molecule has 0 radical (unpaired) electrons. The third-order valence-corrected chi connectivity index (χ3v) is 5.38. The Bertz CT molecular complexity index is 692. The van der Waals surface area contributed by atoms with Gasteiger partial charge in [-0.15, -0.1) is 0 Å². The van der Waals surface area contributed by atoms with Gasteiger partial charge in [-0.05, 0) is 35.5 Å². The molecular formula is C20H26N2O3S2. The van der Waals surface area contributed by atoms with E-state index in [1.165, 1.54) is 5.56 Å². The van der Waals surface area contributed by atoms with Crippen LogP contribution in [-0.2, 0) is 11.2 Å². The van der Waals surface area contributed by atoms with Crippen molar-refractivity contribution in [3.63, 3.8) is 0 Å². The van der Waals surface area contributed by atoms with Crippen LogP contribution in [-0.4, -0.2) is 46.7 Å². The molecule has 7 heteroatoms. The van der Waals surface area contributed by atoms with E-state index < -0.39 is 12.2 Å². The summed E-state index contributed by atoms with van der Waals surface area (Å²) in [6.07, 6.45) is 4.52. The van der Waals surface area contributed by atoms with Gasteiger partial charge < -0.3 is 15.5 Å². The monoisotopic (exact) mass is 406 g/mol. The molecule has 0 saturated heterocycles. The molecule has 146 valence electrons. The molecule has 1 aliphatic carbocycles. The van der Waals surface area contributed by atoms with Crippen LogP contribution < -0.4 is 10.0 Å². The summed E-state index contributed by atoms with van der Waals surface area (Å²) in [5, 5.41) is 25.6. The summed E-state index contributed by atoms with van der Waals surface area (Å²) in [4.78, 5) is 10.7. The van der Waals surface area contributed by atoms with Crippen molar-refractivity contribution in [1.29, 1.82) is 0 Å². The highest BCUT2D eigenvalue weighted by molar-refractivity contribution is 8.14. The van der Waals surface area contributed by atoms with E-state index in [2.05, 4.69) is 35.0 Å². The first-order chi connectivity index (χ1) is 13.0. The van der Waals surface area contributed by atoms with Crippen LogP contribution in [0, 0.1) is 0 Å². The van der Waals surface area contributed by atoms with E-state index in [1.54, 1.807) is 18.2 Å². The fourth-order valence-corrected chi connectivity index (χ4v) is 3.52. The molecule has 4 N–H and O–H groups in total. The Hall–Kier alpha value is -1.35. The van der Waals surface area contributed by atoms with E-state index in [1.807, 2.05) is 30.5 Å². The second-order valence-corrected chi connectivity index (χ2v) is 7.39. The van der Waals surface area contributed by atoms with Gasteiger partial charge in [0.1, 0.15) is 0 Å². The second kappa shape index (κ2) is 11.5. The largest absolute Gasteiger partial charge is 0.387 e. The lowest BCUT2D eigenvalue weighted by atomic mass is 9.96. The molecule has 2 rings (SSSR count). The van der Waals surface area contributed by atoms with Gasteiger partial charge in [0, 0.05) is 12.6 Å². The van der Waals surface area contributed by atoms with E-state index >= 15 is 0 Å². The number of rotatable bonds is 10. The molecule has 4 atom stereocenters. The molecule has 2 unspecified atom stereocenters. The van der Waals surface area contributed by atoms with Crippen molar-refractivity contribution in [3.8, 4) is 0 Å². The Labute approximate surface area is 170 Å². The first-order valence-electron chi connectivity index (χ1n) is 8.74. The zero-order chi connectivity index (χ0) is 19.6. The SMILES string of the molecule is C/C(=C\SC=O)C(Cc1ccccc1)NC[C@H](O)C1=CC(NS)[C@@H](O)C=C1. The summed E-state index contributed by atoms with van der Waals surface area (Å²) in [5.41, 5.74) is 3.72. The minimum atomic E-state index is -0.720. The third kappa shape index (κ3) is 6.95. The van der Waals surface area contributed by atoms with Gasteiger partial charge in [0.2, 0.25) is 0 Å². The number of nitrogens with one attached hydrogen (secondary N) is 2. The van der Waals surface area contributed by atoms with Crippen molar-refractivity contribution in [2.24, 2.45) is 0 Å². The summed E-state index contributed by atoms with van der Waals surface area (Å²) < 4.78 is 2.72. The Kier molecular flexibility index (Phi) is 9.33. The quantitative estimate of drug-likeness (QED) is 0.302. The predicted octanol–water partition coefficient (Wildman–Crippen LogP) is 2.04. The summed E-state index contributed by atoms with van der Waals surface area (Å²) in [7, 11) is 0. The van der Waals surface area contributed by atoms with Crippen LogP contribution in [0.2, 0.25) is 0 Å². The number of aliphatic hydroxyl groups is 2. The molecule has 1 aromatic rings. The molecular weight excluding hydrogens is 380 g/mol. The minimum Gasteiger partial charge on any atom is -0.387 e. The molecule has 27 heavy (non-hydrogen) atoms. The molecule has 5 nitrogen and oxygen atoms in total. The number of hydrogen-bond donors (Lipinski definition) is 5. The van der Waals surface area contributed by atoms with Crippen LogP contribution in [0.15, 0.2) is 65.1 Å². The fourth-order valence-electron chi connectivity index (χ4n) is 2.86. The van der Waals surface area contributed by atoms with E-state index in [-0.39, 0.29) is 12.1 Å². The number of carbonyl (C=O) groups excluding carboxylic acids is 1. The first kappa shape index (κ1) is 21.9. The number of thiol groups is 1. The van der Waals surface area contributed by atoms with Gasteiger partial charge in [0.15, 0.2) is 5.62 Å². The predicted molar refractivity (Wildman–Crippen MR) is 115 cm³/mol. The van der Waals surface area contributed by atoms with Crippen molar-refractivity contribution >= 4 is 30.2 Å². The summed E-state index contributed by atoms with van der Waals surface area (Å²) in [6, 6.07) is 9.73. The molecule has 0 heterocycles. The molecule has 0 aliphatic heterocycles. The highest BCUT2D eigenvalue weighted by Crippen LogP contribution is 2.17. The molecule has 0 fully saturated rings. The number of hydrogen-bond acceptors (Lipinski definition) is 7. The van der Waals surface area contributed by atoms with E-state index in [4.69, 9.17) is 0 Å². The van der Waals surface area contributed by atoms with Gasteiger partial charge in [-0.1, -0.05) is 73.1 Å².